The molecule has 0 unspecified atom stereocenters. The summed E-state index contributed by atoms with van der Waals surface area (Å²) in [5.41, 5.74) is 7.41. The van der Waals surface area contributed by atoms with Gasteiger partial charge in [-0.1, -0.05) is 23.8 Å². The van der Waals surface area contributed by atoms with Gasteiger partial charge in [0.1, 0.15) is 0 Å². The number of nitrogens with one attached hydrogen (secondary N) is 2. The standard InChI is InChI=1S/C16H26N4S/c1-4-17-16(21)18-20-9-7-19(8-10-20)12-15-6-5-13(2)11-14(15)3/h5-6,11H,4,7-10,12H2,1-3H3,(H2,17,18,21). The second kappa shape index (κ2) is 7.73. The molecule has 0 amide bonds. The van der Waals surface area contributed by atoms with Gasteiger partial charge in [-0.15, -0.1) is 0 Å². The molecule has 116 valence electrons. The monoisotopic (exact) mass is 306 g/mol. The molecule has 1 aliphatic rings. The maximum Gasteiger partial charge on any atom is 0.181 e. The van der Waals surface area contributed by atoms with Crippen LogP contribution in [0.2, 0.25) is 0 Å². The largest absolute Gasteiger partial charge is 0.362 e. The number of benzene rings is 1. The normalized spacial score (nSPS) is 16.7. The second-order valence-corrected chi connectivity index (χ2v) is 6.07. The predicted octanol–water partition coefficient (Wildman–Crippen LogP) is 1.82. The molecule has 0 aromatic heterocycles. The Kier molecular flexibility index (Phi) is 5.96. The van der Waals surface area contributed by atoms with Crippen molar-refractivity contribution in [2.24, 2.45) is 0 Å². The van der Waals surface area contributed by atoms with E-state index in [0.29, 0.717) is 0 Å². The topological polar surface area (TPSA) is 30.5 Å². The van der Waals surface area contributed by atoms with Crippen LogP contribution in [-0.4, -0.2) is 47.7 Å². The van der Waals surface area contributed by atoms with Crippen molar-refractivity contribution in [2.45, 2.75) is 27.3 Å². The Bertz CT molecular complexity index is 481. The molecule has 0 aliphatic carbocycles. The highest BCUT2D eigenvalue weighted by atomic mass is 32.1. The van der Waals surface area contributed by atoms with Crippen LogP contribution in [0.25, 0.3) is 0 Å². The smallest absolute Gasteiger partial charge is 0.181 e. The molecular weight excluding hydrogens is 280 g/mol. The molecule has 0 atom stereocenters. The third-order valence-electron chi connectivity index (χ3n) is 3.86. The van der Waals surface area contributed by atoms with Gasteiger partial charge in [0, 0.05) is 39.3 Å². The van der Waals surface area contributed by atoms with E-state index in [1.807, 2.05) is 0 Å². The number of aryl methyl sites for hydroxylation is 2. The van der Waals surface area contributed by atoms with E-state index >= 15 is 0 Å². The molecule has 1 aromatic carbocycles. The first-order valence-corrected chi connectivity index (χ1v) is 8.07. The molecule has 1 fully saturated rings. The predicted molar refractivity (Wildman–Crippen MR) is 92.2 cm³/mol. The van der Waals surface area contributed by atoms with Crippen molar-refractivity contribution in [1.29, 1.82) is 0 Å². The summed E-state index contributed by atoms with van der Waals surface area (Å²) in [6, 6.07) is 6.73. The number of thiocarbonyl (C=S) groups is 1. The van der Waals surface area contributed by atoms with Gasteiger partial charge in [-0.2, -0.15) is 0 Å². The lowest BCUT2D eigenvalue weighted by molar-refractivity contribution is 0.107. The average molecular weight is 306 g/mol. The van der Waals surface area contributed by atoms with Gasteiger partial charge >= 0.3 is 0 Å². The summed E-state index contributed by atoms with van der Waals surface area (Å²) in [7, 11) is 0. The van der Waals surface area contributed by atoms with Crippen LogP contribution in [-0.2, 0) is 6.54 Å². The number of hydrogen-bond donors (Lipinski definition) is 2. The number of rotatable bonds is 4. The molecule has 0 spiro atoms. The van der Waals surface area contributed by atoms with Crippen molar-refractivity contribution in [1.82, 2.24) is 20.7 Å². The maximum absolute atomic E-state index is 5.22. The molecule has 1 heterocycles. The van der Waals surface area contributed by atoms with Crippen LogP contribution < -0.4 is 10.7 Å². The van der Waals surface area contributed by atoms with Gasteiger partial charge in [0.15, 0.2) is 5.11 Å². The third-order valence-corrected chi connectivity index (χ3v) is 4.10. The van der Waals surface area contributed by atoms with E-state index in [1.165, 1.54) is 16.7 Å². The van der Waals surface area contributed by atoms with Crippen LogP contribution in [0, 0.1) is 13.8 Å². The quantitative estimate of drug-likeness (QED) is 0.829. The number of nitrogens with zero attached hydrogens (tertiary/aromatic N) is 2. The van der Waals surface area contributed by atoms with Crippen LogP contribution in [0.15, 0.2) is 18.2 Å². The summed E-state index contributed by atoms with van der Waals surface area (Å²) in [5.74, 6) is 0. The lowest BCUT2D eigenvalue weighted by Gasteiger charge is -2.35. The van der Waals surface area contributed by atoms with Crippen molar-refractivity contribution >= 4 is 17.3 Å². The van der Waals surface area contributed by atoms with E-state index in [2.05, 4.69) is 59.6 Å². The summed E-state index contributed by atoms with van der Waals surface area (Å²) in [6.45, 7) is 12.4. The van der Waals surface area contributed by atoms with Crippen LogP contribution in [0.4, 0.5) is 0 Å². The number of hydrogen-bond acceptors (Lipinski definition) is 3. The Morgan fingerprint density at radius 1 is 1.19 bits per heavy atom. The van der Waals surface area contributed by atoms with E-state index in [-0.39, 0.29) is 0 Å². The summed E-state index contributed by atoms with van der Waals surface area (Å²) in [4.78, 5) is 2.51. The van der Waals surface area contributed by atoms with Crippen LogP contribution in [0.5, 0.6) is 0 Å². The van der Waals surface area contributed by atoms with Gasteiger partial charge in [0.2, 0.25) is 0 Å². The van der Waals surface area contributed by atoms with Gasteiger partial charge in [-0.3, -0.25) is 10.3 Å². The number of piperazine rings is 1. The number of hydrazine groups is 1. The molecule has 2 rings (SSSR count). The van der Waals surface area contributed by atoms with Crippen LogP contribution in [0.3, 0.4) is 0 Å². The first-order valence-electron chi connectivity index (χ1n) is 7.66. The molecule has 1 aromatic rings. The van der Waals surface area contributed by atoms with E-state index in [0.717, 1.165) is 44.4 Å². The highest BCUT2D eigenvalue weighted by molar-refractivity contribution is 7.80. The Morgan fingerprint density at radius 2 is 1.90 bits per heavy atom. The minimum atomic E-state index is 0.723. The first-order chi connectivity index (χ1) is 10.1. The van der Waals surface area contributed by atoms with Gasteiger partial charge in [0.25, 0.3) is 0 Å². The van der Waals surface area contributed by atoms with E-state index < -0.39 is 0 Å². The first kappa shape index (κ1) is 16.2. The third kappa shape index (κ3) is 4.95. The average Bonchev–Trinajstić information content (AvgIpc) is 2.44. The minimum absolute atomic E-state index is 0.723. The molecular formula is C16H26N4S. The van der Waals surface area contributed by atoms with E-state index in [1.54, 1.807) is 0 Å². The highest BCUT2D eigenvalue weighted by Crippen LogP contribution is 2.14. The van der Waals surface area contributed by atoms with Crippen molar-refractivity contribution in [3.8, 4) is 0 Å². The van der Waals surface area contributed by atoms with Gasteiger partial charge in [-0.05, 0) is 44.1 Å². The Hall–Kier alpha value is -1.17. The zero-order valence-corrected chi connectivity index (χ0v) is 14.1. The Morgan fingerprint density at radius 3 is 2.52 bits per heavy atom. The summed E-state index contributed by atoms with van der Waals surface area (Å²) in [6.07, 6.45) is 0. The van der Waals surface area contributed by atoms with Crippen LogP contribution >= 0.6 is 12.2 Å². The molecule has 5 heteroatoms. The lowest BCUT2D eigenvalue weighted by Crippen LogP contribution is -2.55. The molecule has 1 saturated heterocycles. The minimum Gasteiger partial charge on any atom is -0.362 e. The SMILES string of the molecule is CCNC(=S)NN1CCN(Cc2ccc(C)cc2C)CC1. The van der Waals surface area contributed by atoms with E-state index in [9.17, 15) is 0 Å². The fourth-order valence-corrected chi connectivity index (χ4v) is 2.90. The second-order valence-electron chi connectivity index (χ2n) is 5.66. The summed E-state index contributed by atoms with van der Waals surface area (Å²) < 4.78 is 0. The van der Waals surface area contributed by atoms with E-state index in [4.69, 9.17) is 12.2 Å². The fourth-order valence-electron chi connectivity index (χ4n) is 2.63. The lowest BCUT2D eigenvalue weighted by atomic mass is 10.1. The Balaban J connectivity index is 1.80. The van der Waals surface area contributed by atoms with Crippen molar-refractivity contribution < 1.29 is 0 Å². The zero-order valence-electron chi connectivity index (χ0n) is 13.3. The van der Waals surface area contributed by atoms with Gasteiger partial charge < -0.3 is 5.32 Å². The summed E-state index contributed by atoms with van der Waals surface area (Å²) in [5, 5.41) is 6.04. The Labute approximate surface area is 133 Å². The zero-order chi connectivity index (χ0) is 15.2. The molecule has 0 bridgehead atoms. The molecule has 4 nitrogen and oxygen atoms in total. The molecule has 0 saturated carbocycles. The molecule has 21 heavy (non-hydrogen) atoms. The summed E-state index contributed by atoms with van der Waals surface area (Å²) >= 11 is 5.22. The molecule has 1 aliphatic heterocycles. The molecule has 2 N–H and O–H groups in total. The van der Waals surface area contributed by atoms with Gasteiger partial charge in [-0.25, -0.2) is 5.01 Å². The van der Waals surface area contributed by atoms with Crippen molar-refractivity contribution in [3.05, 3.63) is 34.9 Å². The fraction of sp³-hybridized carbons (Fsp3) is 0.562. The van der Waals surface area contributed by atoms with Crippen molar-refractivity contribution in [2.75, 3.05) is 32.7 Å². The van der Waals surface area contributed by atoms with Gasteiger partial charge in [0.05, 0.1) is 0 Å². The highest BCUT2D eigenvalue weighted by Gasteiger charge is 2.17. The van der Waals surface area contributed by atoms with Crippen LogP contribution in [0.1, 0.15) is 23.6 Å². The molecule has 0 radical (unpaired) electrons. The van der Waals surface area contributed by atoms with Crippen molar-refractivity contribution in [3.63, 3.8) is 0 Å². The maximum atomic E-state index is 5.22.